The zero-order chi connectivity index (χ0) is 11.6. The topological polar surface area (TPSA) is 42.4 Å². The van der Waals surface area contributed by atoms with Crippen molar-refractivity contribution in [3.63, 3.8) is 0 Å². The summed E-state index contributed by atoms with van der Waals surface area (Å²) in [4.78, 5) is 3.64. The summed E-state index contributed by atoms with van der Waals surface area (Å²) in [6.07, 6.45) is -3.46. The van der Waals surface area contributed by atoms with Gasteiger partial charge in [-0.1, -0.05) is 0 Å². The van der Waals surface area contributed by atoms with Crippen LogP contribution in [0.3, 0.4) is 0 Å². The SMILES string of the molecule is Cc1cnc(CO)c(OC(F)(F)F)c1Br. The number of aryl methyl sites for hydroxylation is 1. The van der Waals surface area contributed by atoms with E-state index in [2.05, 4.69) is 25.7 Å². The maximum atomic E-state index is 12.0. The standard InChI is InChI=1S/C8H7BrF3NO2/c1-4-2-13-5(3-14)7(6(4)9)15-8(10,11)12/h2,14H,3H2,1H3. The molecule has 0 amide bonds. The van der Waals surface area contributed by atoms with Crippen molar-refractivity contribution in [2.75, 3.05) is 0 Å². The minimum absolute atomic E-state index is 0.138. The summed E-state index contributed by atoms with van der Waals surface area (Å²) >= 11 is 2.95. The Morgan fingerprint density at radius 2 is 2.13 bits per heavy atom. The predicted molar refractivity (Wildman–Crippen MR) is 49.3 cm³/mol. The predicted octanol–water partition coefficient (Wildman–Crippen LogP) is 2.54. The minimum atomic E-state index is -4.80. The fourth-order valence-corrected chi connectivity index (χ4v) is 1.34. The summed E-state index contributed by atoms with van der Waals surface area (Å²) in [5, 5.41) is 8.80. The zero-order valence-corrected chi connectivity index (χ0v) is 9.18. The number of alkyl halides is 3. The second-order valence-corrected chi connectivity index (χ2v) is 3.53. The van der Waals surface area contributed by atoms with Crippen LogP contribution in [-0.2, 0) is 6.61 Å². The third-order valence-electron chi connectivity index (χ3n) is 1.59. The highest BCUT2D eigenvalue weighted by molar-refractivity contribution is 9.10. The largest absolute Gasteiger partial charge is 0.573 e. The van der Waals surface area contributed by atoms with Crippen LogP contribution < -0.4 is 4.74 Å². The molecule has 0 unspecified atom stereocenters. The number of hydrogen-bond acceptors (Lipinski definition) is 3. The second-order valence-electron chi connectivity index (χ2n) is 2.74. The van der Waals surface area contributed by atoms with Gasteiger partial charge in [-0.05, 0) is 28.4 Å². The van der Waals surface area contributed by atoms with E-state index in [1.54, 1.807) is 6.92 Å². The van der Waals surface area contributed by atoms with E-state index in [1.165, 1.54) is 6.20 Å². The summed E-state index contributed by atoms with van der Waals surface area (Å²) < 4.78 is 40.0. The van der Waals surface area contributed by atoms with Gasteiger partial charge < -0.3 is 9.84 Å². The Labute approximate surface area is 92.0 Å². The lowest BCUT2D eigenvalue weighted by atomic mass is 10.2. The molecule has 15 heavy (non-hydrogen) atoms. The Bertz CT molecular complexity index is 368. The lowest BCUT2D eigenvalue weighted by Gasteiger charge is -2.14. The molecule has 1 heterocycles. The van der Waals surface area contributed by atoms with E-state index in [4.69, 9.17) is 5.11 Å². The molecule has 0 saturated heterocycles. The Morgan fingerprint density at radius 3 is 2.60 bits per heavy atom. The van der Waals surface area contributed by atoms with E-state index in [0.717, 1.165) is 0 Å². The van der Waals surface area contributed by atoms with Crippen LogP contribution in [0, 0.1) is 6.92 Å². The molecular formula is C8H7BrF3NO2. The van der Waals surface area contributed by atoms with Crippen LogP contribution in [0.4, 0.5) is 13.2 Å². The number of hydrogen-bond donors (Lipinski definition) is 1. The molecule has 1 aromatic rings. The minimum Gasteiger partial charge on any atom is -0.403 e. The van der Waals surface area contributed by atoms with Crippen molar-refractivity contribution in [2.45, 2.75) is 19.9 Å². The third kappa shape index (κ3) is 3.07. The summed E-state index contributed by atoms with van der Waals surface area (Å²) in [5.41, 5.74) is 0.330. The first-order chi connectivity index (χ1) is 6.85. The molecule has 0 spiro atoms. The molecule has 0 saturated carbocycles. The molecule has 7 heteroatoms. The average Bonchev–Trinajstić information content (AvgIpc) is 2.11. The van der Waals surface area contributed by atoms with Gasteiger partial charge in [0, 0.05) is 6.20 Å². The first kappa shape index (κ1) is 12.3. The molecule has 0 atom stereocenters. The van der Waals surface area contributed by atoms with Gasteiger partial charge >= 0.3 is 6.36 Å². The van der Waals surface area contributed by atoms with Gasteiger partial charge in [-0.2, -0.15) is 0 Å². The van der Waals surface area contributed by atoms with Gasteiger partial charge in [0.05, 0.1) is 11.1 Å². The molecule has 0 bridgehead atoms. The van der Waals surface area contributed by atoms with Gasteiger partial charge in [-0.15, -0.1) is 13.2 Å². The summed E-state index contributed by atoms with van der Waals surface area (Å²) in [7, 11) is 0. The highest BCUT2D eigenvalue weighted by atomic mass is 79.9. The van der Waals surface area contributed by atoms with Crippen LogP contribution in [0.25, 0.3) is 0 Å². The number of aliphatic hydroxyl groups excluding tert-OH is 1. The first-order valence-corrected chi connectivity index (χ1v) is 4.65. The van der Waals surface area contributed by atoms with Crippen molar-refractivity contribution in [3.8, 4) is 5.75 Å². The monoisotopic (exact) mass is 285 g/mol. The van der Waals surface area contributed by atoms with E-state index in [0.29, 0.717) is 5.56 Å². The van der Waals surface area contributed by atoms with Gasteiger partial charge in [0.25, 0.3) is 0 Å². The maximum Gasteiger partial charge on any atom is 0.573 e. The highest BCUT2D eigenvalue weighted by Crippen LogP contribution is 2.34. The highest BCUT2D eigenvalue weighted by Gasteiger charge is 2.33. The number of rotatable bonds is 2. The van der Waals surface area contributed by atoms with Crippen LogP contribution in [0.1, 0.15) is 11.3 Å². The quantitative estimate of drug-likeness (QED) is 0.908. The Balaban J connectivity index is 3.18. The number of halogens is 4. The van der Waals surface area contributed by atoms with Crippen LogP contribution in [0.2, 0.25) is 0 Å². The first-order valence-electron chi connectivity index (χ1n) is 3.85. The maximum absolute atomic E-state index is 12.0. The van der Waals surface area contributed by atoms with Crippen molar-refractivity contribution < 1.29 is 23.0 Å². The Hall–Kier alpha value is -0.820. The molecule has 0 radical (unpaired) electrons. The lowest BCUT2D eigenvalue weighted by molar-refractivity contribution is -0.275. The van der Waals surface area contributed by atoms with E-state index < -0.39 is 18.7 Å². The van der Waals surface area contributed by atoms with Crippen LogP contribution in [-0.4, -0.2) is 16.5 Å². The number of aromatic nitrogens is 1. The van der Waals surface area contributed by atoms with Gasteiger partial charge in [0.15, 0.2) is 5.75 Å². The van der Waals surface area contributed by atoms with Crippen molar-refractivity contribution >= 4 is 15.9 Å². The molecule has 3 nitrogen and oxygen atoms in total. The summed E-state index contributed by atoms with van der Waals surface area (Å²) in [6.45, 7) is 0.950. The van der Waals surface area contributed by atoms with E-state index in [1.807, 2.05) is 0 Å². The molecule has 0 aromatic carbocycles. The van der Waals surface area contributed by atoms with Crippen molar-refractivity contribution in [1.82, 2.24) is 4.98 Å². The van der Waals surface area contributed by atoms with E-state index >= 15 is 0 Å². The van der Waals surface area contributed by atoms with Crippen molar-refractivity contribution in [3.05, 3.63) is 21.9 Å². The summed E-state index contributed by atoms with van der Waals surface area (Å²) in [5.74, 6) is -0.495. The van der Waals surface area contributed by atoms with Gasteiger partial charge in [-0.3, -0.25) is 4.98 Å². The molecule has 0 aliphatic carbocycles. The zero-order valence-electron chi connectivity index (χ0n) is 7.60. The van der Waals surface area contributed by atoms with Gasteiger partial charge in [0.2, 0.25) is 0 Å². The fraction of sp³-hybridized carbons (Fsp3) is 0.375. The molecular weight excluding hydrogens is 279 g/mol. The van der Waals surface area contributed by atoms with Crippen molar-refractivity contribution in [1.29, 1.82) is 0 Å². The smallest absolute Gasteiger partial charge is 0.403 e. The molecule has 0 aliphatic rings. The van der Waals surface area contributed by atoms with E-state index in [9.17, 15) is 13.2 Å². The molecule has 0 fully saturated rings. The van der Waals surface area contributed by atoms with Crippen molar-refractivity contribution in [2.24, 2.45) is 0 Å². The Morgan fingerprint density at radius 1 is 1.53 bits per heavy atom. The van der Waals surface area contributed by atoms with Crippen LogP contribution in [0.5, 0.6) is 5.75 Å². The lowest BCUT2D eigenvalue weighted by Crippen LogP contribution is -2.19. The molecule has 1 N–H and O–H groups in total. The summed E-state index contributed by atoms with van der Waals surface area (Å²) in [6, 6.07) is 0. The number of nitrogens with zero attached hydrogens (tertiary/aromatic N) is 1. The molecule has 1 rings (SSSR count). The molecule has 0 aliphatic heterocycles. The molecule has 1 aromatic heterocycles. The normalized spacial score (nSPS) is 11.6. The number of pyridine rings is 1. The number of ether oxygens (including phenoxy) is 1. The fourth-order valence-electron chi connectivity index (χ4n) is 0.928. The third-order valence-corrected chi connectivity index (χ3v) is 2.57. The Kier molecular flexibility index (Phi) is 3.56. The van der Waals surface area contributed by atoms with Crippen LogP contribution in [0.15, 0.2) is 10.7 Å². The van der Waals surface area contributed by atoms with Gasteiger partial charge in [0.1, 0.15) is 5.69 Å². The van der Waals surface area contributed by atoms with Gasteiger partial charge in [-0.25, -0.2) is 0 Å². The van der Waals surface area contributed by atoms with E-state index in [-0.39, 0.29) is 10.2 Å². The average molecular weight is 286 g/mol. The van der Waals surface area contributed by atoms with Crippen LogP contribution >= 0.6 is 15.9 Å². The second kappa shape index (κ2) is 4.36. The molecule has 84 valence electrons. The number of aliphatic hydroxyl groups is 1.